The summed E-state index contributed by atoms with van der Waals surface area (Å²) in [7, 11) is 0. The van der Waals surface area contributed by atoms with E-state index in [1.807, 2.05) is 0 Å². The molecule has 0 aliphatic carbocycles. The predicted molar refractivity (Wildman–Crippen MR) is 57.7 cm³/mol. The molecule has 2 heteroatoms. The van der Waals surface area contributed by atoms with Crippen LogP contribution in [0, 0.1) is 5.92 Å². The van der Waals surface area contributed by atoms with Crippen molar-refractivity contribution in [2.75, 3.05) is 19.6 Å². The first-order chi connectivity index (χ1) is 6.04. The molecule has 0 aromatic rings. The molecular formula is C11H24N2. The molecule has 0 radical (unpaired) electrons. The summed E-state index contributed by atoms with van der Waals surface area (Å²) in [5.74, 6) is 0.905. The van der Waals surface area contributed by atoms with Crippen LogP contribution in [-0.4, -0.2) is 30.1 Å². The van der Waals surface area contributed by atoms with Crippen molar-refractivity contribution in [1.82, 2.24) is 4.90 Å². The van der Waals surface area contributed by atoms with Gasteiger partial charge in [0.2, 0.25) is 0 Å². The van der Waals surface area contributed by atoms with Gasteiger partial charge in [0.25, 0.3) is 0 Å². The summed E-state index contributed by atoms with van der Waals surface area (Å²) in [6.45, 7) is 10.3. The Morgan fingerprint density at radius 1 is 1.38 bits per heavy atom. The zero-order chi connectivity index (χ0) is 9.90. The van der Waals surface area contributed by atoms with Crippen molar-refractivity contribution in [3.63, 3.8) is 0 Å². The summed E-state index contributed by atoms with van der Waals surface area (Å²) in [6.07, 6.45) is 3.89. The van der Waals surface area contributed by atoms with E-state index in [4.69, 9.17) is 5.73 Å². The SMILES string of the molecule is CC(C)(C)N1CCC(CCCN)C1. The molecule has 1 fully saturated rings. The van der Waals surface area contributed by atoms with Gasteiger partial charge in [-0.25, -0.2) is 0 Å². The van der Waals surface area contributed by atoms with Crippen molar-refractivity contribution in [1.29, 1.82) is 0 Å². The third kappa shape index (κ3) is 3.28. The topological polar surface area (TPSA) is 29.3 Å². The largest absolute Gasteiger partial charge is 0.330 e. The third-order valence-electron chi connectivity index (χ3n) is 3.05. The Balaban J connectivity index is 2.28. The van der Waals surface area contributed by atoms with Gasteiger partial charge in [0.15, 0.2) is 0 Å². The Morgan fingerprint density at radius 2 is 2.08 bits per heavy atom. The van der Waals surface area contributed by atoms with Gasteiger partial charge >= 0.3 is 0 Å². The molecule has 0 saturated carbocycles. The molecule has 13 heavy (non-hydrogen) atoms. The summed E-state index contributed by atoms with van der Waals surface area (Å²) in [4.78, 5) is 2.59. The average Bonchev–Trinajstić information content (AvgIpc) is 2.47. The fraction of sp³-hybridized carbons (Fsp3) is 1.00. The highest BCUT2D eigenvalue weighted by atomic mass is 15.2. The highest BCUT2D eigenvalue weighted by molar-refractivity contribution is 4.84. The van der Waals surface area contributed by atoms with Crippen LogP contribution in [-0.2, 0) is 0 Å². The molecule has 1 rings (SSSR count). The van der Waals surface area contributed by atoms with E-state index in [1.54, 1.807) is 0 Å². The normalized spacial score (nSPS) is 25.4. The van der Waals surface area contributed by atoms with Crippen LogP contribution in [0.4, 0.5) is 0 Å². The molecule has 1 aliphatic heterocycles. The summed E-state index contributed by atoms with van der Waals surface area (Å²) < 4.78 is 0. The van der Waals surface area contributed by atoms with Gasteiger partial charge < -0.3 is 5.73 Å². The number of rotatable bonds is 3. The van der Waals surface area contributed by atoms with Gasteiger partial charge in [0, 0.05) is 12.1 Å². The van der Waals surface area contributed by atoms with Crippen LogP contribution in [0.5, 0.6) is 0 Å². The van der Waals surface area contributed by atoms with Crippen molar-refractivity contribution in [2.45, 2.75) is 45.6 Å². The number of hydrogen-bond acceptors (Lipinski definition) is 2. The Bertz CT molecular complexity index is 149. The molecule has 0 aromatic heterocycles. The molecule has 1 unspecified atom stereocenters. The van der Waals surface area contributed by atoms with Gasteiger partial charge in [-0.2, -0.15) is 0 Å². The van der Waals surface area contributed by atoms with E-state index in [2.05, 4.69) is 25.7 Å². The number of nitrogens with zero attached hydrogens (tertiary/aromatic N) is 1. The zero-order valence-corrected chi connectivity index (χ0v) is 9.34. The second kappa shape index (κ2) is 4.43. The maximum atomic E-state index is 5.51. The van der Waals surface area contributed by atoms with Crippen molar-refractivity contribution in [3.05, 3.63) is 0 Å². The lowest BCUT2D eigenvalue weighted by Crippen LogP contribution is -2.39. The monoisotopic (exact) mass is 184 g/mol. The molecule has 0 aromatic carbocycles. The Kier molecular flexibility index (Phi) is 3.74. The smallest absolute Gasteiger partial charge is 0.0125 e. The highest BCUT2D eigenvalue weighted by Crippen LogP contribution is 2.26. The van der Waals surface area contributed by atoms with Crippen molar-refractivity contribution in [2.24, 2.45) is 11.7 Å². The van der Waals surface area contributed by atoms with Gasteiger partial charge in [-0.15, -0.1) is 0 Å². The van der Waals surface area contributed by atoms with Crippen molar-refractivity contribution in [3.8, 4) is 0 Å². The first-order valence-corrected chi connectivity index (χ1v) is 5.49. The first-order valence-electron chi connectivity index (χ1n) is 5.49. The second-order valence-electron chi connectivity index (χ2n) is 5.20. The molecule has 1 aliphatic rings. The van der Waals surface area contributed by atoms with Gasteiger partial charge in [-0.1, -0.05) is 0 Å². The third-order valence-corrected chi connectivity index (χ3v) is 3.05. The summed E-state index contributed by atoms with van der Waals surface area (Å²) in [5.41, 5.74) is 5.87. The molecule has 78 valence electrons. The number of nitrogens with two attached hydrogens (primary N) is 1. The summed E-state index contributed by atoms with van der Waals surface area (Å²) in [5, 5.41) is 0. The van der Waals surface area contributed by atoms with Crippen LogP contribution >= 0.6 is 0 Å². The van der Waals surface area contributed by atoms with Gasteiger partial charge in [0.05, 0.1) is 0 Å². The fourth-order valence-corrected chi connectivity index (χ4v) is 2.08. The Morgan fingerprint density at radius 3 is 2.54 bits per heavy atom. The summed E-state index contributed by atoms with van der Waals surface area (Å²) in [6, 6.07) is 0. The van der Waals surface area contributed by atoms with Crippen molar-refractivity contribution < 1.29 is 0 Å². The average molecular weight is 184 g/mol. The molecule has 2 N–H and O–H groups in total. The van der Waals surface area contributed by atoms with E-state index in [0.29, 0.717) is 5.54 Å². The van der Waals surface area contributed by atoms with Crippen molar-refractivity contribution >= 4 is 0 Å². The van der Waals surface area contributed by atoms with E-state index in [-0.39, 0.29) is 0 Å². The van der Waals surface area contributed by atoms with Gasteiger partial charge in [0.1, 0.15) is 0 Å². The zero-order valence-electron chi connectivity index (χ0n) is 9.34. The Labute approximate surface area is 82.5 Å². The van der Waals surface area contributed by atoms with E-state index in [9.17, 15) is 0 Å². The van der Waals surface area contributed by atoms with Crippen LogP contribution in [0.25, 0.3) is 0 Å². The highest BCUT2D eigenvalue weighted by Gasteiger charge is 2.29. The summed E-state index contributed by atoms with van der Waals surface area (Å²) >= 11 is 0. The molecule has 1 saturated heterocycles. The quantitative estimate of drug-likeness (QED) is 0.725. The van der Waals surface area contributed by atoms with Gasteiger partial charge in [-0.3, -0.25) is 4.90 Å². The fourth-order valence-electron chi connectivity index (χ4n) is 2.08. The number of hydrogen-bond donors (Lipinski definition) is 1. The standard InChI is InChI=1S/C11H24N2/c1-11(2,3)13-8-6-10(9-13)5-4-7-12/h10H,4-9,12H2,1-3H3. The van der Waals surface area contributed by atoms with Gasteiger partial charge in [-0.05, 0) is 59.0 Å². The molecule has 2 nitrogen and oxygen atoms in total. The minimum atomic E-state index is 0.359. The van der Waals surface area contributed by atoms with E-state index >= 15 is 0 Å². The molecule has 0 spiro atoms. The maximum Gasteiger partial charge on any atom is 0.0125 e. The lowest BCUT2D eigenvalue weighted by Gasteiger charge is -2.31. The Hall–Kier alpha value is -0.0800. The van der Waals surface area contributed by atoms with E-state index in [0.717, 1.165) is 12.5 Å². The number of likely N-dealkylation sites (tertiary alicyclic amines) is 1. The minimum Gasteiger partial charge on any atom is -0.330 e. The molecule has 1 atom stereocenters. The molecule has 0 bridgehead atoms. The lowest BCUT2D eigenvalue weighted by molar-refractivity contribution is 0.167. The predicted octanol–water partition coefficient (Wildman–Crippen LogP) is 1.85. The van der Waals surface area contributed by atoms with Crippen LogP contribution in [0.1, 0.15) is 40.0 Å². The second-order valence-corrected chi connectivity index (χ2v) is 5.20. The molecule has 1 heterocycles. The first kappa shape index (κ1) is 11.0. The van der Waals surface area contributed by atoms with Crippen LogP contribution in [0.15, 0.2) is 0 Å². The van der Waals surface area contributed by atoms with E-state index < -0.39 is 0 Å². The van der Waals surface area contributed by atoms with Crippen LogP contribution in [0.3, 0.4) is 0 Å². The van der Waals surface area contributed by atoms with Crippen LogP contribution < -0.4 is 5.73 Å². The maximum absolute atomic E-state index is 5.51. The van der Waals surface area contributed by atoms with Crippen LogP contribution in [0.2, 0.25) is 0 Å². The minimum absolute atomic E-state index is 0.359. The molecule has 0 amide bonds. The molecular weight excluding hydrogens is 160 g/mol. The van der Waals surface area contributed by atoms with E-state index in [1.165, 1.54) is 32.4 Å². The lowest BCUT2D eigenvalue weighted by atomic mass is 10.0.